The lowest BCUT2D eigenvalue weighted by Gasteiger charge is -2.08. The molecule has 0 saturated carbocycles. The summed E-state index contributed by atoms with van der Waals surface area (Å²) in [5, 5.41) is 10.0. The molecule has 0 amide bonds. The van der Waals surface area contributed by atoms with E-state index in [0.29, 0.717) is 0 Å². The first-order chi connectivity index (χ1) is 7.22. The maximum atomic E-state index is 8.97. The monoisotopic (exact) mass is 196 g/mol. The lowest BCUT2D eigenvalue weighted by atomic mass is 9.97. The first-order valence-electron chi connectivity index (χ1n) is 4.98. The van der Waals surface area contributed by atoms with Gasteiger partial charge in [0, 0.05) is 11.1 Å². The van der Waals surface area contributed by atoms with Crippen LogP contribution in [0.5, 0.6) is 0 Å². The normalized spacial score (nSPS) is 12.3. The molecule has 0 N–H and O–H groups in total. The number of aryl methyl sites for hydroxylation is 1. The Morgan fingerprint density at radius 3 is 2.80 bits per heavy atom. The molecule has 1 atom stereocenters. The van der Waals surface area contributed by atoms with E-state index in [1.54, 1.807) is 0 Å². The molecule has 0 radical (unpaired) electrons. The van der Waals surface area contributed by atoms with Crippen molar-refractivity contribution in [2.75, 3.05) is 0 Å². The summed E-state index contributed by atoms with van der Waals surface area (Å²) in [7, 11) is 0. The quantitative estimate of drug-likeness (QED) is 0.702. The van der Waals surface area contributed by atoms with Gasteiger partial charge in [-0.2, -0.15) is 5.26 Å². The molecular formula is C13H12N2. The van der Waals surface area contributed by atoms with Gasteiger partial charge < -0.3 is 0 Å². The lowest BCUT2D eigenvalue weighted by molar-refractivity contribution is 0.984. The van der Waals surface area contributed by atoms with E-state index < -0.39 is 0 Å². The predicted octanol–water partition coefficient (Wildman–Crippen LogP) is 3.17. The zero-order chi connectivity index (χ0) is 10.8. The Balaban J connectivity index is 2.78. The van der Waals surface area contributed by atoms with Crippen molar-refractivity contribution < 1.29 is 0 Å². The minimum absolute atomic E-state index is 0.0865. The zero-order valence-electron chi connectivity index (χ0n) is 8.86. The van der Waals surface area contributed by atoms with Gasteiger partial charge in [0.05, 0.1) is 17.5 Å². The summed E-state index contributed by atoms with van der Waals surface area (Å²) in [4.78, 5) is 4.44. The molecule has 2 nitrogen and oxygen atoms in total. The van der Waals surface area contributed by atoms with Crippen molar-refractivity contribution in [1.82, 2.24) is 4.98 Å². The summed E-state index contributed by atoms with van der Waals surface area (Å²) >= 11 is 0. The molecule has 0 bridgehead atoms. The van der Waals surface area contributed by atoms with E-state index in [9.17, 15) is 0 Å². The number of rotatable bonds is 1. The Morgan fingerprint density at radius 1 is 1.33 bits per heavy atom. The number of aromatic nitrogens is 1. The highest BCUT2D eigenvalue weighted by atomic mass is 14.7. The Hall–Kier alpha value is -1.88. The predicted molar refractivity (Wildman–Crippen MR) is 60.5 cm³/mol. The molecule has 2 aromatic rings. The van der Waals surface area contributed by atoms with E-state index in [4.69, 9.17) is 5.26 Å². The SMILES string of the molecule is Cc1cc(C(C)C#N)c2ccccc2n1. The highest BCUT2D eigenvalue weighted by molar-refractivity contribution is 5.83. The number of fused-ring (bicyclic) bond motifs is 1. The summed E-state index contributed by atoms with van der Waals surface area (Å²) in [6.07, 6.45) is 0. The van der Waals surface area contributed by atoms with Gasteiger partial charge in [-0.25, -0.2) is 0 Å². The third-order valence-corrected chi connectivity index (χ3v) is 2.54. The van der Waals surface area contributed by atoms with Crippen molar-refractivity contribution in [3.8, 4) is 6.07 Å². The molecule has 0 aliphatic heterocycles. The number of benzene rings is 1. The second-order valence-electron chi connectivity index (χ2n) is 3.72. The Kier molecular flexibility index (Phi) is 2.39. The molecule has 1 aromatic carbocycles. The van der Waals surface area contributed by atoms with Crippen molar-refractivity contribution >= 4 is 10.9 Å². The van der Waals surface area contributed by atoms with Crippen LogP contribution in [0.3, 0.4) is 0 Å². The molecule has 0 saturated heterocycles. The number of para-hydroxylation sites is 1. The van der Waals surface area contributed by atoms with E-state index >= 15 is 0 Å². The van der Waals surface area contributed by atoms with Crippen molar-refractivity contribution in [3.63, 3.8) is 0 Å². The van der Waals surface area contributed by atoms with Crippen molar-refractivity contribution in [1.29, 1.82) is 5.26 Å². The first kappa shape index (κ1) is 9.67. The fourth-order valence-corrected chi connectivity index (χ4v) is 1.77. The summed E-state index contributed by atoms with van der Waals surface area (Å²) in [6, 6.07) is 12.2. The fraction of sp³-hybridized carbons (Fsp3) is 0.231. The van der Waals surface area contributed by atoms with Gasteiger partial charge in [-0.3, -0.25) is 4.98 Å². The van der Waals surface area contributed by atoms with Crippen LogP contribution in [0.1, 0.15) is 24.1 Å². The van der Waals surface area contributed by atoms with Crippen LogP contribution in [0.4, 0.5) is 0 Å². The van der Waals surface area contributed by atoms with Crippen LogP contribution in [-0.4, -0.2) is 4.98 Å². The fourth-order valence-electron chi connectivity index (χ4n) is 1.77. The molecule has 2 heteroatoms. The molecule has 1 unspecified atom stereocenters. The minimum Gasteiger partial charge on any atom is -0.253 e. The molecule has 0 fully saturated rings. The minimum atomic E-state index is -0.0865. The van der Waals surface area contributed by atoms with E-state index in [1.165, 1.54) is 0 Å². The highest BCUT2D eigenvalue weighted by Gasteiger charge is 2.09. The van der Waals surface area contributed by atoms with Crippen molar-refractivity contribution in [2.45, 2.75) is 19.8 Å². The van der Waals surface area contributed by atoms with Crippen LogP contribution >= 0.6 is 0 Å². The zero-order valence-corrected chi connectivity index (χ0v) is 8.86. The maximum Gasteiger partial charge on any atom is 0.0708 e. The summed E-state index contributed by atoms with van der Waals surface area (Å²) < 4.78 is 0. The van der Waals surface area contributed by atoms with Gasteiger partial charge in [0.25, 0.3) is 0 Å². The molecule has 2 rings (SSSR count). The van der Waals surface area contributed by atoms with Crippen LogP contribution in [0.2, 0.25) is 0 Å². The molecule has 1 heterocycles. The summed E-state index contributed by atoms with van der Waals surface area (Å²) in [5.41, 5.74) is 3.00. The number of nitriles is 1. The highest BCUT2D eigenvalue weighted by Crippen LogP contribution is 2.24. The van der Waals surface area contributed by atoms with Crippen LogP contribution in [0.25, 0.3) is 10.9 Å². The third kappa shape index (κ3) is 1.69. The molecule has 1 aromatic heterocycles. The lowest BCUT2D eigenvalue weighted by Crippen LogP contribution is -1.95. The number of nitrogens with zero attached hydrogens (tertiary/aromatic N) is 2. The van der Waals surface area contributed by atoms with Crippen molar-refractivity contribution in [2.24, 2.45) is 0 Å². The smallest absolute Gasteiger partial charge is 0.0708 e. The van der Waals surface area contributed by atoms with E-state index in [0.717, 1.165) is 22.2 Å². The third-order valence-electron chi connectivity index (χ3n) is 2.54. The van der Waals surface area contributed by atoms with Crippen LogP contribution in [0.15, 0.2) is 30.3 Å². The number of hydrogen-bond donors (Lipinski definition) is 0. The van der Waals surface area contributed by atoms with Gasteiger partial charge in [0.2, 0.25) is 0 Å². The van der Waals surface area contributed by atoms with Gasteiger partial charge in [-0.15, -0.1) is 0 Å². The second kappa shape index (κ2) is 3.70. The van der Waals surface area contributed by atoms with Gasteiger partial charge in [-0.05, 0) is 31.5 Å². The van der Waals surface area contributed by atoms with E-state index in [1.807, 2.05) is 44.2 Å². The Morgan fingerprint density at radius 2 is 2.07 bits per heavy atom. The van der Waals surface area contributed by atoms with Gasteiger partial charge in [-0.1, -0.05) is 18.2 Å². The van der Waals surface area contributed by atoms with Gasteiger partial charge >= 0.3 is 0 Å². The molecule has 74 valence electrons. The van der Waals surface area contributed by atoms with E-state index in [2.05, 4.69) is 11.1 Å². The number of pyridine rings is 1. The molecular weight excluding hydrogens is 184 g/mol. The van der Waals surface area contributed by atoms with Crippen LogP contribution < -0.4 is 0 Å². The average molecular weight is 196 g/mol. The van der Waals surface area contributed by atoms with Crippen LogP contribution in [0, 0.1) is 18.3 Å². The average Bonchev–Trinajstić information content (AvgIpc) is 2.26. The summed E-state index contributed by atoms with van der Waals surface area (Å²) in [5.74, 6) is -0.0865. The van der Waals surface area contributed by atoms with E-state index in [-0.39, 0.29) is 5.92 Å². The number of hydrogen-bond acceptors (Lipinski definition) is 2. The molecule has 0 aliphatic rings. The molecule has 0 aliphatic carbocycles. The Bertz CT molecular complexity index is 538. The largest absolute Gasteiger partial charge is 0.253 e. The summed E-state index contributed by atoms with van der Waals surface area (Å²) in [6.45, 7) is 3.88. The standard InChI is InChI=1S/C13H12N2/c1-9(8-14)12-7-10(2)15-13-6-4-3-5-11(12)13/h3-7,9H,1-2H3. The van der Waals surface area contributed by atoms with Gasteiger partial charge in [0.1, 0.15) is 0 Å². The maximum absolute atomic E-state index is 8.97. The topological polar surface area (TPSA) is 36.7 Å². The van der Waals surface area contributed by atoms with Crippen LogP contribution in [-0.2, 0) is 0 Å². The Labute approximate surface area is 89.2 Å². The second-order valence-corrected chi connectivity index (χ2v) is 3.72. The van der Waals surface area contributed by atoms with Gasteiger partial charge in [0.15, 0.2) is 0 Å². The molecule has 15 heavy (non-hydrogen) atoms. The van der Waals surface area contributed by atoms with Crippen molar-refractivity contribution in [3.05, 3.63) is 41.6 Å². The molecule has 0 spiro atoms. The first-order valence-corrected chi connectivity index (χ1v) is 4.98.